The van der Waals surface area contributed by atoms with Gasteiger partial charge in [-0.15, -0.1) is 11.3 Å². The maximum atomic E-state index is 2.41. The third kappa shape index (κ3) is 4.92. The number of thiophene rings is 1. The van der Waals surface area contributed by atoms with Gasteiger partial charge in [0.25, 0.3) is 0 Å². The molecule has 0 aliphatic rings. The highest BCUT2D eigenvalue weighted by molar-refractivity contribution is 7.25. The van der Waals surface area contributed by atoms with E-state index in [1.54, 1.807) is 0 Å². The maximum Gasteiger partial charge on any atom is 0.0358 e. The quantitative estimate of drug-likeness (QED) is 0.184. The van der Waals surface area contributed by atoms with Gasteiger partial charge in [-0.1, -0.05) is 152 Å². The normalized spacial score (nSPS) is 11.3. The van der Waals surface area contributed by atoms with Crippen molar-refractivity contribution in [3.05, 3.63) is 181 Å². The Bertz CT molecular complexity index is 2220. The third-order valence-corrected chi connectivity index (χ3v) is 9.71. The van der Waals surface area contributed by atoms with Crippen LogP contribution in [-0.2, 0) is 6.42 Å². The molecule has 8 rings (SSSR count). The third-order valence-electron chi connectivity index (χ3n) is 8.58. The SMILES string of the molecule is c1ccc(Cc2cccc3sc4ccc(-c5ccccc5-c5ccc(-c6ccccc6-c6ccccc6)cc5)cc4c23)cc1. The maximum absolute atomic E-state index is 2.41. The van der Waals surface area contributed by atoms with E-state index >= 15 is 0 Å². The molecule has 0 bridgehead atoms. The van der Waals surface area contributed by atoms with Crippen molar-refractivity contribution in [2.24, 2.45) is 0 Å². The summed E-state index contributed by atoms with van der Waals surface area (Å²) in [6.45, 7) is 0. The molecular formula is C43H30S. The van der Waals surface area contributed by atoms with Gasteiger partial charge in [0.05, 0.1) is 0 Å². The predicted molar refractivity (Wildman–Crippen MR) is 190 cm³/mol. The van der Waals surface area contributed by atoms with Crippen LogP contribution in [0, 0.1) is 0 Å². The Morgan fingerprint density at radius 1 is 0.364 bits per heavy atom. The highest BCUT2D eigenvalue weighted by Crippen LogP contribution is 2.41. The van der Waals surface area contributed by atoms with Crippen LogP contribution in [0.15, 0.2) is 170 Å². The molecular weight excluding hydrogens is 549 g/mol. The summed E-state index contributed by atoms with van der Waals surface area (Å²) in [4.78, 5) is 0. The number of rotatable bonds is 6. The number of hydrogen-bond donors (Lipinski definition) is 0. The van der Waals surface area contributed by atoms with Crippen LogP contribution in [0.25, 0.3) is 64.7 Å². The highest BCUT2D eigenvalue weighted by Gasteiger charge is 2.14. The van der Waals surface area contributed by atoms with Crippen LogP contribution in [0.2, 0.25) is 0 Å². The van der Waals surface area contributed by atoms with Crippen molar-refractivity contribution in [1.29, 1.82) is 0 Å². The van der Waals surface area contributed by atoms with Crippen LogP contribution in [0.3, 0.4) is 0 Å². The van der Waals surface area contributed by atoms with Gasteiger partial charge in [-0.3, -0.25) is 0 Å². The molecule has 0 radical (unpaired) electrons. The van der Waals surface area contributed by atoms with Gasteiger partial charge in [0.1, 0.15) is 0 Å². The molecule has 0 spiro atoms. The second-order valence-electron chi connectivity index (χ2n) is 11.3. The summed E-state index contributed by atoms with van der Waals surface area (Å²) in [5, 5.41) is 2.73. The molecule has 0 saturated carbocycles. The van der Waals surface area contributed by atoms with Gasteiger partial charge in [-0.05, 0) is 80.3 Å². The molecule has 0 aliphatic heterocycles. The van der Waals surface area contributed by atoms with Crippen molar-refractivity contribution in [3.8, 4) is 44.5 Å². The molecule has 7 aromatic carbocycles. The zero-order valence-corrected chi connectivity index (χ0v) is 25.1. The Labute approximate surface area is 262 Å². The fraction of sp³-hybridized carbons (Fsp3) is 0.0233. The lowest BCUT2D eigenvalue weighted by atomic mass is 9.91. The first-order chi connectivity index (χ1) is 21.8. The van der Waals surface area contributed by atoms with Crippen molar-refractivity contribution in [1.82, 2.24) is 0 Å². The molecule has 0 atom stereocenters. The summed E-state index contributed by atoms with van der Waals surface area (Å²) in [5.41, 5.74) is 12.7. The van der Waals surface area contributed by atoms with Crippen LogP contribution in [0.5, 0.6) is 0 Å². The molecule has 0 saturated heterocycles. The fourth-order valence-corrected chi connectivity index (χ4v) is 7.58. The van der Waals surface area contributed by atoms with E-state index in [9.17, 15) is 0 Å². The van der Waals surface area contributed by atoms with Gasteiger partial charge < -0.3 is 0 Å². The van der Waals surface area contributed by atoms with Gasteiger partial charge in [-0.2, -0.15) is 0 Å². The van der Waals surface area contributed by atoms with Gasteiger partial charge in [-0.25, -0.2) is 0 Å². The van der Waals surface area contributed by atoms with E-state index in [0.29, 0.717) is 0 Å². The lowest BCUT2D eigenvalue weighted by molar-refractivity contribution is 1.22. The van der Waals surface area contributed by atoms with E-state index in [1.807, 2.05) is 11.3 Å². The topological polar surface area (TPSA) is 0 Å². The monoisotopic (exact) mass is 578 g/mol. The van der Waals surface area contributed by atoms with Gasteiger partial charge in [0.2, 0.25) is 0 Å². The molecule has 0 nitrogen and oxygen atoms in total. The van der Waals surface area contributed by atoms with E-state index < -0.39 is 0 Å². The Balaban J connectivity index is 1.19. The molecule has 0 N–H and O–H groups in total. The van der Waals surface area contributed by atoms with E-state index in [4.69, 9.17) is 0 Å². The highest BCUT2D eigenvalue weighted by atomic mass is 32.1. The van der Waals surface area contributed by atoms with Crippen molar-refractivity contribution in [2.75, 3.05) is 0 Å². The van der Waals surface area contributed by atoms with Crippen molar-refractivity contribution < 1.29 is 0 Å². The zero-order chi connectivity index (χ0) is 29.3. The van der Waals surface area contributed by atoms with Gasteiger partial charge in [0.15, 0.2) is 0 Å². The molecule has 8 aromatic rings. The molecule has 44 heavy (non-hydrogen) atoms. The van der Waals surface area contributed by atoms with E-state index in [2.05, 4.69) is 170 Å². The Morgan fingerprint density at radius 3 is 1.48 bits per heavy atom. The van der Waals surface area contributed by atoms with Crippen molar-refractivity contribution in [2.45, 2.75) is 6.42 Å². The summed E-state index contributed by atoms with van der Waals surface area (Å²) in [5.74, 6) is 0. The van der Waals surface area contributed by atoms with Gasteiger partial charge >= 0.3 is 0 Å². The molecule has 208 valence electrons. The summed E-state index contributed by atoms with van der Waals surface area (Å²) in [6, 6.07) is 61.7. The minimum atomic E-state index is 0.935. The van der Waals surface area contributed by atoms with Crippen LogP contribution in [0.1, 0.15) is 11.1 Å². The fourth-order valence-electron chi connectivity index (χ4n) is 6.45. The average Bonchev–Trinajstić information content (AvgIpc) is 3.48. The minimum Gasteiger partial charge on any atom is -0.135 e. The molecule has 0 unspecified atom stereocenters. The summed E-state index contributed by atoms with van der Waals surface area (Å²) >= 11 is 1.89. The summed E-state index contributed by atoms with van der Waals surface area (Å²) in [6.07, 6.45) is 0.935. The second-order valence-corrected chi connectivity index (χ2v) is 12.4. The first kappa shape index (κ1) is 26.4. The second kappa shape index (κ2) is 11.4. The van der Waals surface area contributed by atoms with Crippen LogP contribution < -0.4 is 0 Å². The minimum absolute atomic E-state index is 0.935. The molecule has 0 amide bonds. The molecule has 1 heteroatoms. The van der Waals surface area contributed by atoms with Crippen LogP contribution >= 0.6 is 11.3 Å². The first-order valence-corrected chi connectivity index (χ1v) is 16.0. The van der Waals surface area contributed by atoms with Crippen molar-refractivity contribution in [3.63, 3.8) is 0 Å². The van der Waals surface area contributed by atoms with Crippen molar-refractivity contribution >= 4 is 31.5 Å². The van der Waals surface area contributed by atoms with Crippen LogP contribution in [-0.4, -0.2) is 0 Å². The standard InChI is InChI=1S/C43H30S/c1-3-12-30(13-4-1)28-35-16-11-21-42-43(35)40-29-34(26-27-41(40)44-42)39-20-10-9-19-38(39)33-24-22-32(23-25-33)37-18-8-7-17-36(37)31-14-5-2-6-15-31/h1-27,29H,28H2. The lowest BCUT2D eigenvalue weighted by Crippen LogP contribution is -1.89. The number of fused-ring (bicyclic) bond motifs is 3. The lowest BCUT2D eigenvalue weighted by Gasteiger charge is -2.13. The Hall–Kier alpha value is -5.24. The van der Waals surface area contributed by atoms with E-state index in [1.165, 1.54) is 75.8 Å². The van der Waals surface area contributed by atoms with Crippen LogP contribution in [0.4, 0.5) is 0 Å². The number of hydrogen-bond acceptors (Lipinski definition) is 1. The summed E-state index contributed by atoms with van der Waals surface area (Å²) in [7, 11) is 0. The molecule has 1 aromatic heterocycles. The van der Waals surface area contributed by atoms with E-state index in [-0.39, 0.29) is 0 Å². The zero-order valence-electron chi connectivity index (χ0n) is 24.3. The van der Waals surface area contributed by atoms with E-state index in [0.717, 1.165) is 6.42 Å². The van der Waals surface area contributed by atoms with Gasteiger partial charge in [0, 0.05) is 20.2 Å². The summed E-state index contributed by atoms with van der Waals surface area (Å²) < 4.78 is 2.69. The number of benzene rings is 7. The molecule has 0 aliphatic carbocycles. The smallest absolute Gasteiger partial charge is 0.0358 e. The Kier molecular flexibility index (Phi) is 6.87. The molecule has 1 heterocycles. The largest absolute Gasteiger partial charge is 0.135 e. The first-order valence-electron chi connectivity index (χ1n) is 15.1. The predicted octanol–water partition coefficient (Wildman–Crippen LogP) is 12.3. The molecule has 0 fully saturated rings. The Morgan fingerprint density at radius 2 is 0.864 bits per heavy atom. The average molecular weight is 579 g/mol.